The average molecular weight is 343 g/mol. The molecule has 0 saturated heterocycles. The van der Waals surface area contributed by atoms with Gasteiger partial charge in [0.05, 0.1) is 0 Å². The Kier molecular flexibility index (Phi) is 6.53. The third-order valence-electron chi connectivity index (χ3n) is 2.25. The summed E-state index contributed by atoms with van der Waals surface area (Å²) in [6, 6.07) is 9.83. The van der Waals surface area contributed by atoms with Crippen molar-refractivity contribution in [2.24, 2.45) is 5.73 Å². The predicted octanol–water partition coefficient (Wildman–Crippen LogP) is 3.00. The molecule has 0 aliphatic heterocycles. The van der Waals surface area contributed by atoms with E-state index in [9.17, 15) is 18.0 Å². The smallest absolute Gasteiger partial charge is 0.475 e. The number of rotatable bonds is 3. The third-order valence-corrected chi connectivity index (χ3v) is 2.25. The number of carbonyl (C=O) groups excluding carboxylic acids is 1. The number of nitrogens with one attached hydrogen (secondary N) is 1. The van der Waals surface area contributed by atoms with Crippen LogP contribution in [-0.2, 0) is 4.79 Å². The minimum absolute atomic E-state index is 0.590. The lowest BCUT2D eigenvalue weighted by atomic mass is 10.3. The van der Waals surface area contributed by atoms with Gasteiger partial charge in [0.15, 0.2) is 0 Å². The first-order valence-corrected chi connectivity index (χ1v) is 6.23. The van der Waals surface area contributed by atoms with Crippen LogP contribution in [-0.4, -0.2) is 28.3 Å². The molecule has 1 heterocycles. The maximum Gasteiger partial charge on any atom is 0.490 e. The number of aromatic nitrogens is 1. The minimum atomic E-state index is -5.08. The summed E-state index contributed by atoms with van der Waals surface area (Å²) in [7, 11) is 0. The van der Waals surface area contributed by atoms with Crippen LogP contribution in [0.4, 0.5) is 23.7 Å². The Bertz CT molecular complexity index is 676. The first-order chi connectivity index (χ1) is 11.2. The van der Waals surface area contributed by atoms with Crippen molar-refractivity contribution in [1.29, 1.82) is 0 Å². The van der Waals surface area contributed by atoms with Gasteiger partial charge in [-0.05, 0) is 36.4 Å². The van der Waals surface area contributed by atoms with Crippen LogP contribution in [0.15, 0.2) is 48.8 Å². The van der Waals surface area contributed by atoms with Crippen molar-refractivity contribution >= 4 is 17.7 Å². The van der Waals surface area contributed by atoms with E-state index in [4.69, 9.17) is 20.4 Å². The van der Waals surface area contributed by atoms with E-state index in [1.54, 1.807) is 48.8 Å². The second-order valence-electron chi connectivity index (χ2n) is 4.10. The van der Waals surface area contributed by atoms with Gasteiger partial charge in [0, 0.05) is 18.1 Å². The number of hydrogen-bond donors (Lipinski definition) is 3. The molecule has 0 atom stereocenters. The SMILES string of the molecule is NC(=O)Nc1ccc(Oc2ccncc2)cc1.O=C(O)C(F)(F)F. The summed E-state index contributed by atoms with van der Waals surface area (Å²) in [5.41, 5.74) is 5.62. The van der Waals surface area contributed by atoms with Gasteiger partial charge in [-0.3, -0.25) is 4.98 Å². The Morgan fingerprint density at radius 2 is 1.50 bits per heavy atom. The Hall–Kier alpha value is -3.30. The molecule has 0 radical (unpaired) electrons. The Morgan fingerprint density at radius 3 is 1.92 bits per heavy atom. The number of amides is 2. The molecule has 1 aromatic heterocycles. The number of carbonyl (C=O) groups is 2. The summed E-state index contributed by atoms with van der Waals surface area (Å²) in [5.74, 6) is -1.38. The number of carboxylic acid groups (broad SMARTS) is 1. The van der Waals surface area contributed by atoms with Gasteiger partial charge in [0.25, 0.3) is 0 Å². The second-order valence-corrected chi connectivity index (χ2v) is 4.10. The molecule has 0 spiro atoms. The molecule has 128 valence electrons. The van der Waals surface area contributed by atoms with Crippen LogP contribution in [0.2, 0.25) is 0 Å². The lowest BCUT2D eigenvalue weighted by Gasteiger charge is -2.06. The minimum Gasteiger partial charge on any atom is -0.475 e. The summed E-state index contributed by atoms with van der Waals surface area (Å²) in [6.45, 7) is 0. The maximum absolute atomic E-state index is 10.6. The van der Waals surface area contributed by atoms with E-state index in [0.717, 1.165) is 0 Å². The molecule has 0 bridgehead atoms. The van der Waals surface area contributed by atoms with Gasteiger partial charge in [-0.1, -0.05) is 0 Å². The van der Waals surface area contributed by atoms with Crippen LogP contribution in [0.3, 0.4) is 0 Å². The third kappa shape index (κ3) is 7.11. The first-order valence-electron chi connectivity index (χ1n) is 6.23. The highest BCUT2D eigenvalue weighted by molar-refractivity contribution is 5.87. The van der Waals surface area contributed by atoms with Crippen molar-refractivity contribution in [3.8, 4) is 11.5 Å². The molecule has 0 saturated carbocycles. The van der Waals surface area contributed by atoms with Crippen LogP contribution in [0, 0.1) is 0 Å². The van der Waals surface area contributed by atoms with E-state index in [1.165, 1.54) is 0 Å². The summed E-state index contributed by atoms with van der Waals surface area (Å²) >= 11 is 0. The van der Waals surface area contributed by atoms with Crippen LogP contribution in [0.5, 0.6) is 11.5 Å². The van der Waals surface area contributed by atoms with E-state index in [-0.39, 0.29) is 0 Å². The highest BCUT2D eigenvalue weighted by atomic mass is 19.4. The zero-order valence-electron chi connectivity index (χ0n) is 11.9. The molecule has 0 aliphatic carbocycles. The zero-order chi connectivity index (χ0) is 18.2. The fourth-order valence-corrected chi connectivity index (χ4v) is 1.29. The topological polar surface area (TPSA) is 115 Å². The number of nitrogens with two attached hydrogens (primary N) is 1. The molecule has 7 nitrogen and oxygen atoms in total. The monoisotopic (exact) mass is 343 g/mol. The van der Waals surface area contributed by atoms with Crippen molar-refractivity contribution < 1.29 is 32.6 Å². The van der Waals surface area contributed by atoms with Crippen molar-refractivity contribution in [2.45, 2.75) is 6.18 Å². The van der Waals surface area contributed by atoms with E-state index in [2.05, 4.69) is 10.3 Å². The van der Waals surface area contributed by atoms with Crippen molar-refractivity contribution in [1.82, 2.24) is 4.98 Å². The van der Waals surface area contributed by atoms with Crippen molar-refractivity contribution in [3.63, 3.8) is 0 Å². The van der Waals surface area contributed by atoms with Crippen LogP contribution in [0.25, 0.3) is 0 Å². The highest BCUT2D eigenvalue weighted by Crippen LogP contribution is 2.22. The normalized spacial score (nSPS) is 10.1. The Balaban J connectivity index is 0.000000351. The van der Waals surface area contributed by atoms with Crippen LogP contribution < -0.4 is 15.8 Å². The van der Waals surface area contributed by atoms with Gasteiger partial charge in [0.1, 0.15) is 11.5 Å². The highest BCUT2D eigenvalue weighted by Gasteiger charge is 2.38. The van der Waals surface area contributed by atoms with Gasteiger partial charge < -0.3 is 20.9 Å². The second kappa shape index (κ2) is 8.36. The largest absolute Gasteiger partial charge is 0.490 e. The Morgan fingerprint density at radius 1 is 1.04 bits per heavy atom. The van der Waals surface area contributed by atoms with Gasteiger partial charge >= 0.3 is 18.2 Å². The maximum atomic E-state index is 10.6. The van der Waals surface area contributed by atoms with Crippen LogP contribution >= 0.6 is 0 Å². The molecular formula is C14H12F3N3O4. The molecule has 24 heavy (non-hydrogen) atoms. The van der Waals surface area contributed by atoms with Crippen molar-refractivity contribution in [2.75, 3.05) is 5.32 Å². The number of urea groups is 1. The molecule has 10 heteroatoms. The molecule has 2 rings (SSSR count). The first kappa shape index (κ1) is 18.7. The summed E-state index contributed by atoms with van der Waals surface area (Å²) in [5, 5.41) is 9.59. The van der Waals surface area contributed by atoms with Crippen LogP contribution in [0.1, 0.15) is 0 Å². The predicted molar refractivity (Wildman–Crippen MR) is 77.6 cm³/mol. The number of nitrogens with zero attached hydrogens (tertiary/aromatic N) is 1. The molecule has 0 unspecified atom stereocenters. The standard InChI is InChI=1S/C12H11N3O2.C2HF3O2/c13-12(16)15-9-1-3-10(4-2-9)17-11-5-7-14-8-6-11;3-2(4,5)1(6)7/h1-8H,(H3,13,15,16);(H,6,7). The van der Waals surface area contributed by atoms with Crippen molar-refractivity contribution in [3.05, 3.63) is 48.8 Å². The number of ether oxygens (including phenoxy) is 1. The van der Waals surface area contributed by atoms with E-state index in [0.29, 0.717) is 17.2 Å². The fraction of sp³-hybridized carbons (Fsp3) is 0.0714. The number of benzene rings is 1. The summed E-state index contributed by atoms with van der Waals surface area (Å²) in [4.78, 5) is 23.4. The molecule has 0 fully saturated rings. The number of carboxylic acids is 1. The molecular weight excluding hydrogens is 331 g/mol. The van der Waals surface area contributed by atoms with Gasteiger partial charge in [-0.15, -0.1) is 0 Å². The number of aliphatic carboxylic acids is 1. The lowest BCUT2D eigenvalue weighted by Crippen LogP contribution is -2.21. The molecule has 4 N–H and O–H groups in total. The number of alkyl halides is 3. The van der Waals surface area contributed by atoms with E-state index < -0.39 is 18.2 Å². The summed E-state index contributed by atoms with van der Waals surface area (Å²) in [6.07, 6.45) is -1.78. The van der Waals surface area contributed by atoms with Gasteiger partial charge in [-0.25, -0.2) is 9.59 Å². The fourth-order valence-electron chi connectivity index (χ4n) is 1.29. The average Bonchev–Trinajstić information content (AvgIpc) is 2.49. The quantitative estimate of drug-likeness (QED) is 0.792. The number of anilines is 1. The van der Waals surface area contributed by atoms with E-state index in [1.807, 2.05) is 0 Å². The number of halogens is 3. The van der Waals surface area contributed by atoms with Gasteiger partial charge in [0.2, 0.25) is 0 Å². The molecule has 2 amide bonds. The lowest BCUT2D eigenvalue weighted by molar-refractivity contribution is -0.192. The van der Waals surface area contributed by atoms with E-state index >= 15 is 0 Å². The number of primary amides is 1. The number of hydrogen-bond acceptors (Lipinski definition) is 4. The molecule has 0 aliphatic rings. The van der Waals surface area contributed by atoms with Gasteiger partial charge in [-0.2, -0.15) is 13.2 Å². The summed E-state index contributed by atoms with van der Waals surface area (Å²) < 4.78 is 37.3. The Labute approximate surface area is 133 Å². The molecule has 1 aromatic carbocycles. The zero-order valence-corrected chi connectivity index (χ0v) is 11.9. The number of pyridine rings is 1. The molecule has 2 aromatic rings.